The summed E-state index contributed by atoms with van der Waals surface area (Å²) < 4.78 is 5.79. The van der Waals surface area contributed by atoms with Gasteiger partial charge in [0.2, 0.25) is 0 Å². The zero-order valence-electron chi connectivity index (χ0n) is 12.5. The average Bonchev–Trinajstić information content (AvgIpc) is 2.54. The van der Waals surface area contributed by atoms with Crippen molar-refractivity contribution >= 4 is 11.6 Å². The van der Waals surface area contributed by atoms with Gasteiger partial charge >= 0.3 is 0 Å². The fourth-order valence-corrected chi connectivity index (χ4v) is 2.85. The molecule has 2 aromatic carbocycles. The zero-order chi connectivity index (χ0) is 15.5. The molecule has 0 fully saturated rings. The first kappa shape index (κ1) is 14.5. The third-order valence-corrected chi connectivity index (χ3v) is 4.10. The number of hydrogen-bond donors (Lipinski definition) is 0. The molecular weight excluding hydrogens is 276 g/mol. The quantitative estimate of drug-likeness (QED) is 0.809. The molecule has 22 heavy (non-hydrogen) atoms. The SMILES string of the molecule is CC(=O)C1CCc2cc(OCc3ccccc3)ccc2C1=O. The Morgan fingerprint density at radius 2 is 1.95 bits per heavy atom. The van der Waals surface area contributed by atoms with Crippen LogP contribution >= 0.6 is 0 Å². The Morgan fingerprint density at radius 3 is 2.68 bits per heavy atom. The van der Waals surface area contributed by atoms with Crippen LogP contribution in [0, 0.1) is 5.92 Å². The minimum atomic E-state index is -0.469. The van der Waals surface area contributed by atoms with Crippen LogP contribution in [0.15, 0.2) is 48.5 Å². The summed E-state index contributed by atoms with van der Waals surface area (Å²) in [4.78, 5) is 23.8. The highest BCUT2D eigenvalue weighted by Gasteiger charge is 2.30. The van der Waals surface area contributed by atoms with Crippen molar-refractivity contribution in [2.24, 2.45) is 5.92 Å². The Labute approximate surface area is 129 Å². The molecule has 0 amide bonds. The molecule has 0 saturated carbocycles. The summed E-state index contributed by atoms with van der Waals surface area (Å²) in [5.41, 5.74) is 2.75. The summed E-state index contributed by atoms with van der Waals surface area (Å²) in [5, 5.41) is 0. The molecule has 1 aliphatic rings. The Hall–Kier alpha value is -2.42. The van der Waals surface area contributed by atoms with Gasteiger partial charge in [0.05, 0.1) is 5.92 Å². The van der Waals surface area contributed by atoms with Crippen molar-refractivity contribution < 1.29 is 14.3 Å². The number of ketones is 2. The molecule has 0 heterocycles. The minimum Gasteiger partial charge on any atom is -0.489 e. The first-order valence-corrected chi connectivity index (χ1v) is 7.49. The summed E-state index contributed by atoms with van der Waals surface area (Å²) in [7, 11) is 0. The molecule has 3 heteroatoms. The van der Waals surface area contributed by atoms with Crippen molar-refractivity contribution in [3.8, 4) is 5.75 Å². The molecule has 1 aliphatic carbocycles. The van der Waals surface area contributed by atoms with E-state index in [-0.39, 0.29) is 11.6 Å². The molecule has 0 bridgehead atoms. The van der Waals surface area contributed by atoms with Crippen LogP contribution in [0.1, 0.15) is 34.8 Å². The average molecular weight is 294 g/mol. The third-order valence-electron chi connectivity index (χ3n) is 4.10. The third kappa shape index (κ3) is 2.93. The number of Topliss-reactive ketones (excluding diaryl/α,β-unsaturated/α-hetero) is 2. The number of ether oxygens (including phenoxy) is 1. The first-order valence-electron chi connectivity index (χ1n) is 7.49. The lowest BCUT2D eigenvalue weighted by atomic mass is 9.81. The molecule has 0 aliphatic heterocycles. The van der Waals surface area contributed by atoms with Gasteiger partial charge < -0.3 is 4.74 Å². The first-order chi connectivity index (χ1) is 10.6. The van der Waals surface area contributed by atoms with E-state index >= 15 is 0 Å². The summed E-state index contributed by atoms with van der Waals surface area (Å²) >= 11 is 0. The van der Waals surface area contributed by atoms with E-state index in [1.807, 2.05) is 42.5 Å². The predicted molar refractivity (Wildman–Crippen MR) is 84.0 cm³/mol. The monoisotopic (exact) mass is 294 g/mol. The second kappa shape index (κ2) is 6.14. The maximum atomic E-state index is 12.3. The molecule has 0 radical (unpaired) electrons. The van der Waals surface area contributed by atoms with E-state index in [0.29, 0.717) is 18.6 Å². The number of hydrogen-bond acceptors (Lipinski definition) is 3. The molecule has 1 atom stereocenters. The second-order valence-electron chi connectivity index (χ2n) is 5.66. The van der Waals surface area contributed by atoms with Crippen LogP contribution < -0.4 is 4.74 Å². The lowest BCUT2D eigenvalue weighted by Crippen LogP contribution is -2.27. The maximum absolute atomic E-state index is 12.3. The summed E-state index contributed by atoms with van der Waals surface area (Å²) in [6.45, 7) is 1.99. The maximum Gasteiger partial charge on any atom is 0.173 e. The summed E-state index contributed by atoms with van der Waals surface area (Å²) in [5.74, 6) is 0.198. The highest BCUT2D eigenvalue weighted by molar-refractivity contribution is 6.11. The molecule has 1 unspecified atom stereocenters. The van der Waals surface area contributed by atoms with E-state index in [0.717, 1.165) is 23.3 Å². The van der Waals surface area contributed by atoms with Gasteiger partial charge in [-0.3, -0.25) is 9.59 Å². The zero-order valence-corrected chi connectivity index (χ0v) is 12.5. The van der Waals surface area contributed by atoms with Gasteiger partial charge in [0.15, 0.2) is 5.78 Å². The van der Waals surface area contributed by atoms with Crippen LogP contribution in [-0.4, -0.2) is 11.6 Å². The van der Waals surface area contributed by atoms with Crippen LogP contribution in [0.4, 0.5) is 0 Å². The summed E-state index contributed by atoms with van der Waals surface area (Å²) in [6.07, 6.45) is 1.34. The van der Waals surface area contributed by atoms with Crippen molar-refractivity contribution in [2.75, 3.05) is 0 Å². The largest absolute Gasteiger partial charge is 0.489 e. The lowest BCUT2D eigenvalue weighted by molar-refractivity contribution is -0.119. The van der Waals surface area contributed by atoms with Gasteiger partial charge in [0.25, 0.3) is 0 Å². The Morgan fingerprint density at radius 1 is 1.18 bits per heavy atom. The molecule has 112 valence electrons. The summed E-state index contributed by atoms with van der Waals surface area (Å²) in [6, 6.07) is 15.5. The topological polar surface area (TPSA) is 43.4 Å². The lowest BCUT2D eigenvalue weighted by Gasteiger charge is -2.22. The van der Waals surface area contributed by atoms with E-state index in [4.69, 9.17) is 4.74 Å². The van der Waals surface area contributed by atoms with E-state index < -0.39 is 5.92 Å². The van der Waals surface area contributed by atoms with Gasteiger partial charge in [-0.25, -0.2) is 0 Å². The number of carbonyl (C=O) groups is 2. The molecule has 0 N–H and O–H groups in total. The van der Waals surface area contributed by atoms with Crippen LogP contribution in [0.5, 0.6) is 5.75 Å². The number of carbonyl (C=O) groups excluding carboxylic acids is 2. The predicted octanol–water partition coefficient (Wildman–Crippen LogP) is 3.60. The number of benzene rings is 2. The normalized spacial score (nSPS) is 17.0. The molecular formula is C19H18O3. The van der Waals surface area contributed by atoms with Gasteiger partial charge in [0.1, 0.15) is 18.1 Å². The van der Waals surface area contributed by atoms with Crippen LogP contribution in [0.3, 0.4) is 0 Å². The van der Waals surface area contributed by atoms with Gasteiger partial charge in [-0.15, -0.1) is 0 Å². The van der Waals surface area contributed by atoms with Crippen molar-refractivity contribution in [2.45, 2.75) is 26.4 Å². The minimum absolute atomic E-state index is 0.0416. The Balaban J connectivity index is 1.75. The van der Waals surface area contributed by atoms with E-state index in [1.165, 1.54) is 6.92 Å². The standard InChI is InChI=1S/C19H18O3/c1-13(20)17-9-7-15-11-16(8-10-18(15)19(17)21)22-12-14-5-3-2-4-6-14/h2-6,8,10-11,17H,7,9,12H2,1H3. The van der Waals surface area contributed by atoms with Gasteiger partial charge in [-0.1, -0.05) is 30.3 Å². The highest BCUT2D eigenvalue weighted by Crippen LogP contribution is 2.29. The van der Waals surface area contributed by atoms with E-state index in [2.05, 4.69) is 0 Å². The molecule has 2 aromatic rings. The second-order valence-corrected chi connectivity index (χ2v) is 5.66. The fourth-order valence-electron chi connectivity index (χ4n) is 2.85. The number of fused-ring (bicyclic) bond motifs is 1. The molecule has 3 nitrogen and oxygen atoms in total. The van der Waals surface area contributed by atoms with Crippen molar-refractivity contribution in [3.63, 3.8) is 0 Å². The van der Waals surface area contributed by atoms with Crippen LogP contribution in [0.2, 0.25) is 0 Å². The van der Waals surface area contributed by atoms with Crippen LogP contribution in [-0.2, 0) is 17.8 Å². The molecule has 0 aromatic heterocycles. The smallest absolute Gasteiger partial charge is 0.173 e. The highest BCUT2D eigenvalue weighted by atomic mass is 16.5. The molecule has 0 saturated heterocycles. The number of rotatable bonds is 4. The molecule has 0 spiro atoms. The Bertz CT molecular complexity index is 704. The fraction of sp³-hybridized carbons (Fsp3) is 0.263. The van der Waals surface area contributed by atoms with Gasteiger partial charge in [0, 0.05) is 5.56 Å². The van der Waals surface area contributed by atoms with E-state index in [1.54, 1.807) is 6.07 Å². The van der Waals surface area contributed by atoms with Crippen molar-refractivity contribution in [1.82, 2.24) is 0 Å². The molecule has 3 rings (SSSR count). The van der Waals surface area contributed by atoms with Gasteiger partial charge in [-0.05, 0) is 49.1 Å². The van der Waals surface area contributed by atoms with Crippen molar-refractivity contribution in [3.05, 3.63) is 65.2 Å². The Kier molecular flexibility index (Phi) is 4.05. The van der Waals surface area contributed by atoms with Crippen LogP contribution in [0.25, 0.3) is 0 Å². The number of aryl methyl sites for hydroxylation is 1. The van der Waals surface area contributed by atoms with E-state index in [9.17, 15) is 9.59 Å². The van der Waals surface area contributed by atoms with Gasteiger partial charge in [-0.2, -0.15) is 0 Å². The van der Waals surface area contributed by atoms with Crippen molar-refractivity contribution in [1.29, 1.82) is 0 Å².